The first-order valence-corrected chi connectivity index (χ1v) is 5.86. The lowest BCUT2D eigenvalue weighted by Gasteiger charge is -2.13. The third-order valence-electron chi connectivity index (χ3n) is 3.11. The maximum atomic E-state index is 12.8. The molecule has 0 amide bonds. The third-order valence-corrected chi connectivity index (χ3v) is 3.11. The molecule has 0 spiro atoms. The van der Waals surface area contributed by atoms with Gasteiger partial charge in [-0.2, -0.15) is 0 Å². The van der Waals surface area contributed by atoms with Crippen molar-refractivity contribution in [2.24, 2.45) is 10.7 Å². The molecule has 3 nitrogen and oxygen atoms in total. The van der Waals surface area contributed by atoms with Crippen molar-refractivity contribution in [2.45, 2.75) is 31.7 Å². The summed E-state index contributed by atoms with van der Waals surface area (Å²) < 4.78 is 17.9. The zero-order valence-corrected chi connectivity index (χ0v) is 9.90. The van der Waals surface area contributed by atoms with E-state index in [2.05, 4.69) is 11.9 Å². The molecule has 1 aliphatic heterocycles. The van der Waals surface area contributed by atoms with Crippen LogP contribution in [-0.4, -0.2) is 18.7 Å². The summed E-state index contributed by atoms with van der Waals surface area (Å²) in [7, 11) is 0. The SMILES string of the molecule is C[C@@H](CCC1COC(N)=N1)c1ccc(F)cc1. The largest absolute Gasteiger partial charge is 0.463 e. The summed E-state index contributed by atoms with van der Waals surface area (Å²) in [5.74, 6) is 0.204. The predicted molar refractivity (Wildman–Crippen MR) is 65.4 cm³/mol. The van der Waals surface area contributed by atoms with Crippen molar-refractivity contribution in [1.82, 2.24) is 0 Å². The van der Waals surface area contributed by atoms with E-state index in [1.807, 2.05) is 12.1 Å². The summed E-state index contributed by atoms with van der Waals surface area (Å²) in [6, 6.07) is 7.15. The minimum absolute atomic E-state index is 0.179. The Labute approximate surface area is 100 Å². The molecule has 92 valence electrons. The topological polar surface area (TPSA) is 47.6 Å². The smallest absolute Gasteiger partial charge is 0.282 e. The van der Waals surface area contributed by atoms with Gasteiger partial charge >= 0.3 is 0 Å². The van der Waals surface area contributed by atoms with Gasteiger partial charge in [-0.3, -0.25) is 0 Å². The number of ether oxygens (including phenoxy) is 1. The van der Waals surface area contributed by atoms with E-state index >= 15 is 0 Å². The van der Waals surface area contributed by atoms with Crippen LogP contribution in [0.3, 0.4) is 0 Å². The zero-order chi connectivity index (χ0) is 12.3. The highest BCUT2D eigenvalue weighted by Crippen LogP contribution is 2.23. The molecule has 1 aliphatic rings. The Morgan fingerprint density at radius 2 is 2.18 bits per heavy atom. The first-order valence-electron chi connectivity index (χ1n) is 5.86. The third kappa shape index (κ3) is 3.19. The van der Waals surface area contributed by atoms with Gasteiger partial charge in [0, 0.05) is 0 Å². The Morgan fingerprint density at radius 1 is 1.47 bits per heavy atom. The molecule has 1 aromatic rings. The highest BCUT2D eigenvalue weighted by Gasteiger charge is 2.17. The van der Waals surface area contributed by atoms with Gasteiger partial charge in [-0.05, 0) is 36.5 Å². The van der Waals surface area contributed by atoms with Gasteiger partial charge in [-0.15, -0.1) is 0 Å². The minimum atomic E-state index is -0.192. The molecule has 17 heavy (non-hydrogen) atoms. The van der Waals surface area contributed by atoms with Crippen LogP contribution in [0.4, 0.5) is 4.39 Å². The van der Waals surface area contributed by atoms with Crippen LogP contribution in [0.2, 0.25) is 0 Å². The molecule has 0 radical (unpaired) electrons. The number of aliphatic imine (C=N–C) groups is 1. The molecule has 2 N–H and O–H groups in total. The highest BCUT2D eigenvalue weighted by atomic mass is 19.1. The molecule has 1 aromatic carbocycles. The van der Waals surface area contributed by atoms with Gasteiger partial charge in [0.25, 0.3) is 6.02 Å². The first kappa shape index (κ1) is 11.9. The summed E-state index contributed by atoms with van der Waals surface area (Å²) in [4.78, 5) is 4.18. The molecular formula is C13H17FN2O. The first-order chi connectivity index (χ1) is 8.15. The lowest BCUT2D eigenvalue weighted by molar-refractivity contribution is 0.304. The van der Waals surface area contributed by atoms with E-state index in [0.717, 1.165) is 18.4 Å². The van der Waals surface area contributed by atoms with Crippen molar-refractivity contribution in [2.75, 3.05) is 6.61 Å². The van der Waals surface area contributed by atoms with Crippen LogP contribution in [0.1, 0.15) is 31.2 Å². The molecule has 2 rings (SSSR count). The minimum Gasteiger partial charge on any atom is -0.463 e. The molecule has 0 aromatic heterocycles. The average molecular weight is 236 g/mol. The number of hydrogen-bond acceptors (Lipinski definition) is 3. The molecule has 0 saturated heterocycles. The Morgan fingerprint density at radius 3 is 2.76 bits per heavy atom. The standard InChI is InChI=1S/C13H17FN2O/c1-9(10-3-5-11(14)6-4-10)2-7-12-8-17-13(15)16-12/h3-6,9,12H,2,7-8H2,1H3,(H2,15,16)/t9-,12?/m0/s1. The molecule has 1 heterocycles. The number of amidine groups is 1. The second-order valence-electron chi connectivity index (χ2n) is 4.46. The van der Waals surface area contributed by atoms with Crippen molar-refractivity contribution in [3.63, 3.8) is 0 Å². The summed E-state index contributed by atoms with van der Waals surface area (Å²) >= 11 is 0. The summed E-state index contributed by atoms with van der Waals surface area (Å²) in [5.41, 5.74) is 6.60. The number of rotatable bonds is 4. The van der Waals surface area contributed by atoms with Crippen molar-refractivity contribution < 1.29 is 9.13 Å². The van der Waals surface area contributed by atoms with E-state index in [1.54, 1.807) is 0 Å². The maximum Gasteiger partial charge on any atom is 0.282 e. The van der Waals surface area contributed by atoms with Crippen LogP contribution in [0.5, 0.6) is 0 Å². The second kappa shape index (κ2) is 5.17. The quantitative estimate of drug-likeness (QED) is 0.872. The van der Waals surface area contributed by atoms with Crippen LogP contribution >= 0.6 is 0 Å². The van der Waals surface area contributed by atoms with Gasteiger partial charge in [0.15, 0.2) is 0 Å². The Hall–Kier alpha value is -1.58. The maximum absolute atomic E-state index is 12.8. The molecule has 0 saturated carbocycles. The van der Waals surface area contributed by atoms with Crippen molar-refractivity contribution >= 4 is 6.02 Å². The molecule has 0 bridgehead atoms. The highest BCUT2D eigenvalue weighted by molar-refractivity contribution is 5.72. The van der Waals surface area contributed by atoms with Crippen molar-refractivity contribution in [3.8, 4) is 0 Å². The average Bonchev–Trinajstić information content (AvgIpc) is 2.73. The summed E-state index contributed by atoms with van der Waals surface area (Å²) in [6.07, 6.45) is 1.94. The van der Waals surface area contributed by atoms with Crippen molar-refractivity contribution in [1.29, 1.82) is 0 Å². The molecular weight excluding hydrogens is 219 g/mol. The fourth-order valence-corrected chi connectivity index (χ4v) is 1.98. The Kier molecular flexibility index (Phi) is 3.61. The van der Waals surface area contributed by atoms with Crippen LogP contribution in [0.25, 0.3) is 0 Å². The number of nitrogens with two attached hydrogens (primary N) is 1. The summed E-state index contributed by atoms with van der Waals surface area (Å²) in [6.45, 7) is 2.72. The van der Waals surface area contributed by atoms with Gasteiger partial charge in [0.2, 0.25) is 0 Å². The van der Waals surface area contributed by atoms with Gasteiger partial charge in [-0.25, -0.2) is 9.38 Å². The van der Waals surface area contributed by atoms with E-state index in [1.165, 1.54) is 12.1 Å². The molecule has 0 fully saturated rings. The van der Waals surface area contributed by atoms with E-state index in [-0.39, 0.29) is 11.9 Å². The number of halogens is 1. The number of hydrogen-bond donors (Lipinski definition) is 1. The number of nitrogens with zero attached hydrogens (tertiary/aromatic N) is 1. The number of benzene rings is 1. The van der Waals surface area contributed by atoms with Gasteiger partial charge in [0.1, 0.15) is 12.4 Å². The van der Waals surface area contributed by atoms with E-state index < -0.39 is 0 Å². The molecule has 2 atom stereocenters. The molecule has 0 aliphatic carbocycles. The molecule has 1 unspecified atom stereocenters. The van der Waals surface area contributed by atoms with Crippen molar-refractivity contribution in [3.05, 3.63) is 35.6 Å². The monoisotopic (exact) mass is 236 g/mol. The van der Waals surface area contributed by atoms with Crippen LogP contribution in [0.15, 0.2) is 29.3 Å². The fourth-order valence-electron chi connectivity index (χ4n) is 1.98. The van der Waals surface area contributed by atoms with Crippen LogP contribution < -0.4 is 5.73 Å². The predicted octanol–water partition coefficient (Wildman–Crippen LogP) is 2.42. The van der Waals surface area contributed by atoms with Gasteiger partial charge < -0.3 is 10.5 Å². The van der Waals surface area contributed by atoms with E-state index in [0.29, 0.717) is 18.5 Å². The second-order valence-corrected chi connectivity index (χ2v) is 4.46. The van der Waals surface area contributed by atoms with E-state index in [4.69, 9.17) is 10.5 Å². The zero-order valence-electron chi connectivity index (χ0n) is 9.90. The lowest BCUT2D eigenvalue weighted by Crippen LogP contribution is -2.10. The van der Waals surface area contributed by atoms with Crippen LogP contribution in [0, 0.1) is 5.82 Å². The van der Waals surface area contributed by atoms with E-state index in [9.17, 15) is 4.39 Å². The Bertz CT molecular complexity index is 402. The Balaban J connectivity index is 1.85. The fraction of sp³-hybridized carbons (Fsp3) is 0.462. The summed E-state index contributed by atoms with van der Waals surface area (Å²) in [5, 5.41) is 0. The van der Waals surface area contributed by atoms with Gasteiger partial charge in [0.05, 0.1) is 6.04 Å². The molecule has 4 heteroatoms. The normalized spacial score (nSPS) is 20.8. The van der Waals surface area contributed by atoms with Gasteiger partial charge in [-0.1, -0.05) is 19.1 Å². The lowest BCUT2D eigenvalue weighted by atomic mass is 9.94. The van der Waals surface area contributed by atoms with Crippen LogP contribution in [-0.2, 0) is 4.74 Å².